The van der Waals surface area contributed by atoms with Crippen molar-refractivity contribution in [2.75, 3.05) is 0 Å². The largest absolute Gasteiger partial charge is 0.393 e. The monoisotopic (exact) mass is 188 g/mol. The average Bonchev–Trinajstić information content (AvgIpc) is 2.83. The van der Waals surface area contributed by atoms with Crippen LogP contribution >= 0.6 is 0 Å². The van der Waals surface area contributed by atoms with Crippen LogP contribution in [-0.2, 0) is 5.41 Å². The molecule has 0 bridgehead atoms. The van der Waals surface area contributed by atoms with Crippen molar-refractivity contribution in [2.24, 2.45) is 5.92 Å². The molecule has 0 heterocycles. The van der Waals surface area contributed by atoms with Crippen LogP contribution in [0, 0.1) is 12.8 Å². The molecule has 0 aliphatic heterocycles. The third kappa shape index (κ3) is 0.992. The summed E-state index contributed by atoms with van der Waals surface area (Å²) >= 11 is 0. The molecule has 0 unspecified atom stereocenters. The number of hydrogen-bond acceptors (Lipinski definition) is 1. The van der Waals surface area contributed by atoms with Gasteiger partial charge in [0.05, 0.1) is 6.10 Å². The van der Waals surface area contributed by atoms with Crippen LogP contribution in [0.1, 0.15) is 30.4 Å². The van der Waals surface area contributed by atoms with Crippen LogP contribution in [0.15, 0.2) is 24.3 Å². The molecule has 0 radical (unpaired) electrons. The third-order valence-corrected chi connectivity index (χ3v) is 4.08. The molecule has 3 atom stereocenters. The van der Waals surface area contributed by atoms with Crippen molar-refractivity contribution in [2.45, 2.75) is 37.7 Å². The van der Waals surface area contributed by atoms with Crippen molar-refractivity contribution in [3.63, 3.8) is 0 Å². The molecule has 0 saturated heterocycles. The van der Waals surface area contributed by atoms with E-state index in [1.54, 1.807) is 0 Å². The Labute approximate surface area is 84.8 Å². The highest BCUT2D eigenvalue weighted by Crippen LogP contribution is 2.64. The fourth-order valence-corrected chi connectivity index (χ4v) is 3.16. The quantitative estimate of drug-likeness (QED) is 0.717. The average molecular weight is 188 g/mol. The first-order valence-corrected chi connectivity index (χ1v) is 5.48. The minimum atomic E-state index is -0.0319. The van der Waals surface area contributed by atoms with Gasteiger partial charge in [-0.3, -0.25) is 0 Å². The lowest BCUT2D eigenvalue weighted by molar-refractivity contribution is 0.159. The van der Waals surface area contributed by atoms with Crippen LogP contribution in [0.3, 0.4) is 0 Å². The van der Waals surface area contributed by atoms with Gasteiger partial charge in [-0.05, 0) is 37.7 Å². The summed E-state index contributed by atoms with van der Waals surface area (Å²) in [7, 11) is 0. The minimum Gasteiger partial charge on any atom is -0.393 e. The lowest BCUT2D eigenvalue weighted by atomic mass is 9.92. The second-order valence-corrected chi connectivity index (χ2v) is 4.94. The fraction of sp³-hybridized carbons (Fsp3) is 0.538. The molecule has 14 heavy (non-hydrogen) atoms. The third-order valence-electron chi connectivity index (χ3n) is 4.08. The van der Waals surface area contributed by atoms with Crippen LogP contribution in [0.5, 0.6) is 0 Å². The highest BCUT2D eigenvalue weighted by atomic mass is 16.3. The van der Waals surface area contributed by atoms with E-state index in [9.17, 15) is 5.11 Å². The van der Waals surface area contributed by atoms with Crippen molar-refractivity contribution >= 4 is 0 Å². The molecule has 1 aromatic carbocycles. The summed E-state index contributed by atoms with van der Waals surface area (Å²) < 4.78 is 0. The molecule has 3 rings (SSSR count). The van der Waals surface area contributed by atoms with Gasteiger partial charge in [-0.2, -0.15) is 0 Å². The summed E-state index contributed by atoms with van der Waals surface area (Å²) in [6.07, 6.45) is 3.36. The number of aliphatic hydroxyl groups excluding tert-OH is 1. The second kappa shape index (κ2) is 2.60. The first-order chi connectivity index (χ1) is 6.72. The first kappa shape index (κ1) is 8.49. The normalized spacial score (nSPS) is 39.6. The maximum absolute atomic E-state index is 9.74. The Bertz CT molecular complexity index is 371. The predicted octanol–water partition coefficient (Wildman–Crippen LogP) is 2.41. The molecule has 0 amide bonds. The predicted molar refractivity (Wildman–Crippen MR) is 56.2 cm³/mol. The molecule has 0 aromatic heterocycles. The van der Waals surface area contributed by atoms with Crippen LogP contribution in [-0.4, -0.2) is 11.2 Å². The molecule has 74 valence electrons. The zero-order chi connectivity index (χ0) is 9.76. The molecule has 2 fully saturated rings. The zero-order valence-corrected chi connectivity index (χ0v) is 8.53. The number of benzene rings is 1. The van der Waals surface area contributed by atoms with Gasteiger partial charge in [-0.1, -0.05) is 29.8 Å². The smallest absolute Gasteiger partial charge is 0.0577 e. The van der Waals surface area contributed by atoms with Gasteiger partial charge in [0.25, 0.3) is 0 Å². The molecule has 1 heteroatoms. The van der Waals surface area contributed by atoms with Gasteiger partial charge in [0.2, 0.25) is 0 Å². The van der Waals surface area contributed by atoms with E-state index in [1.807, 2.05) is 0 Å². The summed E-state index contributed by atoms with van der Waals surface area (Å²) in [6, 6.07) is 8.80. The van der Waals surface area contributed by atoms with E-state index in [4.69, 9.17) is 0 Å². The zero-order valence-electron chi connectivity index (χ0n) is 8.53. The molecular weight excluding hydrogens is 172 g/mol. The summed E-state index contributed by atoms with van der Waals surface area (Å²) in [6.45, 7) is 2.14. The van der Waals surface area contributed by atoms with Gasteiger partial charge in [-0.15, -0.1) is 0 Å². The highest BCUT2D eigenvalue weighted by molar-refractivity contribution is 5.38. The molecule has 1 aromatic rings. The van der Waals surface area contributed by atoms with Crippen molar-refractivity contribution in [1.29, 1.82) is 0 Å². The maximum atomic E-state index is 9.74. The van der Waals surface area contributed by atoms with Gasteiger partial charge in [0.15, 0.2) is 0 Å². The van der Waals surface area contributed by atoms with Gasteiger partial charge in [0.1, 0.15) is 0 Å². The van der Waals surface area contributed by atoms with Gasteiger partial charge in [-0.25, -0.2) is 0 Å². The van der Waals surface area contributed by atoms with E-state index in [0.717, 1.165) is 6.42 Å². The Balaban J connectivity index is 1.98. The van der Waals surface area contributed by atoms with E-state index in [0.29, 0.717) is 11.3 Å². The maximum Gasteiger partial charge on any atom is 0.0577 e. The van der Waals surface area contributed by atoms with E-state index in [2.05, 4.69) is 31.2 Å². The summed E-state index contributed by atoms with van der Waals surface area (Å²) in [4.78, 5) is 0. The van der Waals surface area contributed by atoms with E-state index in [-0.39, 0.29) is 6.10 Å². The molecule has 1 N–H and O–H groups in total. The van der Waals surface area contributed by atoms with Crippen molar-refractivity contribution in [3.8, 4) is 0 Å². The number of hydrogen-bond donors (Lipinski definition) is 1. The van der Waals surface area contributed by atoms with Gasteiger partial charge in [0, 0.05) is 5.41 Å². The standard InChI is InChI=1S/C13H16O/c1-9-3-2-4-10(7-9)13-6-5-12(14)11(13)8-13/h2-4,7,11-12,14H,5-6,8H2,1H3/t11-,12+,13+/m0/s1. The Morgan fingerprint density at radius 1 is 1.43 bits per heavy atom. The molecule has 1 nitrogen and oxygen atoms in total. The molecule has 2 aliphatic rings. The first-order valence-electron chi connectivity index (χ1n) is 5.48. The summed E-state index contributed by atoms with van der Waals surface area (Å²) in [5, 5.41) is 9.74. The molecule has 0 spiro atoms. The Kier molecular flexibility index (Phi) is 1.58. The van der Waals surface area contributed by atoms with Crippen LogP contribution < -0.4 is 0 Å². The number of aliphatic hydroxyl groups is 1. The van der Waals surface area contributed by atoms with Gasteiger partial charge >= 0.3 is 0 Å². The SMILES string of the molecule is Cc1cccc([C@]23CC[C@@H](O)[C@@H]2C3)c1. The van der Waals surface area contributed by atoms with Crippen molar-refractivity contribution < 1.29 is 5.11 Å². The molecule has 2 aliphatic carbocycles. The van der Waals surface area contributed by atoms with E-state index < -0.39 is 0 Å². The summed E-state index contributed by atoms with van der Waals surface area (Å²) in [5.41, 5.74) is 3.16. The Morgan fingerprint density at radius 3 is 2.86 bits per heavy atom. The lowest BCUT2D eigenvalue weighted by Gasteiger charge is -2.12. The topological polar surface area (TPSA) is 20.2 Å². The van der Waals surface area contributed by atoms with Crippen molar-refractivity contribution in [1.82, 2.24) is 0 Å². The lowest BCUT2D eigenvalue weighted by Crippen LogP contribution is -2.06. The molecular formula is C13H16O. The van der Waals surface area contributed by atoms with Crippen LogP contribution in [0.2, 0.25) is 0 Å². The highest BCUT2D eigenvalue weighted by Gasteiger charge is 2.61. The number of fused-ring (bicyclic) bond motifs is 1. The van der Waals surface area contributed by atoms with Crippen LogP contribution in [0.25, 0.3) is 0 Å². The number of rotatable bonds is 1. The summed E-state index contributed by atoms with van der Waals surface area (Å²) in [5.74, 6) is 0.560. The Hall–Kier alpha value is -0.820. The fourth-order valence-electron chi connectivity index (χ4n) is 3.16. The van der Waals surface area contributed by atoms with E-state index in [1.165, 1.54) is 24.0 Å². The van der Waals surface area contributed by atoms with Crippen molar-refractivity contribution in [3.05, 3.63) is 35.4 Å². The molecule has 2 saturated carbocycles. The van der Waals surface area contributed by atoms with E-state index >= 15 is 0 Å². The van der Waals surface area contributed by atoms with Gasteiger partial charge < -0.3 is 5.11 Å². The Morgan fingerprint density at radius 2 is 2.29 bits per heavy atom. The second-order valence-electron chi connectivity index (χ2n) is 4.94. The minimum absolute atomic E-state index is 0.0319. The van der Waals surface area contributed by atoms with Crippen LogP contribution in [0.4, 0.5) is 0 Å². The number of aryl methyl sites for hydroxylation is 1.